The molecule has 1 rings (SSSR count). The summed E-state index contributed by atoms with van der Waals surface area (Å²) in [5.41, 5.74) is 1.18. The topological polar surface area (TPSA) is 49.3 Å². The number of rotatable bonds is 7. The van der Waals surface area contributed by atoms with Gasteiger partial charge in [0, 0.05) is 6.04 Å². The minimum atomic E-state index is -0.758. The van der Waals surface area contributed by atoms with E-state index in [0.717, 1.165) is 11.0 Å². The third-order valence-electron chi connectivity index (χ3n) is 2.97. The number of hydrogen-bond donors (Lipinski definition) is 2. The molecule has 1 aromatic carbocycles. The Balaban J connectivity index is 2.68. The van der Waals surface area contributed by atoms with Crippen LogP contribution in [0.1, 0.15) is 24.9 Å². The summed E-state index contributed by atoms with van der Waals surface area (Å²) in [7, 11) is 6.22. The summed E-state index contributed by atoms with van der Waals surface area (Å²) >= 11 is 0. The number of quaternary nitrogens is 1. The quantitative estimate of drug-likeness (QED) is 0.740. The molecule has 0 radical (unpaired) electrons. The molecule has 0 aliphatic rings. The van der Waals surface area contributed by atoms with Crippen molar-refractivity contribution in [3.05, 3.63) is 35.9 Å². The van der Waals surface area contributed by atoms with Crippen molar-refractivity contribution in [3.8, 4) is 0 Å². The van der Waals surface area contributed by atoms with Crippen LogP contribution in [0, 0.1) is 0 Å². The van der Waals surface area contributed by atoms with Gasteiger partial charge in [0.15, 0.2) is 0 Å². The Morgan fingerprint density at radius 3 is 2.32 bits per heavy atom. The van der Waals surface area contributed by atoms with Crippen molar-refractivity contribution in [2.75, 3.05) is 27.7 Å². The Bertz CT molecular complexity index is 398. The van der Waals surface area contributed by atoms with E-state index in [0.29, 0.717) is 0 Å². The first kappa shape index (κ1) is 15.7. The molecule has 106 valence electrons. The highest BCUT2D eigenvalue weighted by Crippen LogP contribution is 2.13. The molecule has 0 saturated carbocycles. The normalized spacial score (nSPS) is 14.9. The molecule has 0 bridgehead atoms. The molecule has 0 aromatic heterocycles. The van der Waals surface area contributed by atoms with E-state index in [-0.39, 0.29) is 18.5 Å². The van der Waals surface area contributed by atoms with Gasteiger partial charge in [-0.3, -0.25) is 4.79 Å². The summed E-state index contributed by atoms with van der Waals surface area (Å²) in [6, 6.07) is 10.2. The fourth-order valence-corrected chi connectivity index (χ4v) is 2.24. The maximum atomic E-state index is 11.0. The molecule has 0 aliphatic heterocycles. The lowest BCUT2D eigenvalue weighted by molar-refractivity contribution is -0.871. The third-order valence-corrected chi connectivity index (χ3v) is 2.97. The van der Waals surface area contributed by atoms with Crippen molar-refractivity contribution >= 4 is 5.97 Å². The summed E-state index contributed by atoms with van der Waals surface area (Å²) < 4.78 is 0.743. The Morgan fingerprint density at radius 1 is 1.26 bits per heavy atom. The summed E-state index contributed by atoms with van der Waals surface area (Å²) in [5, 5.41) is 12.4. The molecule has 4 heteroatoms. The van der Waals surface area contributed by atoms with Crippen LogP contribution in [0.25, 0.3) is 0 Å². The minimum Gasteiger partial charge on any atom is -0.481 e. The van der Waals surface area contributed by atoms with Crippen LogP contribution in [0.15, 0.2) is 30.3 Å². The van der Waals surface area contributed by atoms with Gasteiger partial charge in [0.25, 0.3) is 0 Å². The smallest absolute Gasteiger partial charge is 0.305 e. The van der Waals surface area contributed by atoms with Gasteiger partial charge in [0.05, 0.1) is 40.2 Å². The van der Waals surface area contributed by atoms with Crippen molar-refractivity contribution in [2.24, 2.45) is 0 Å². The number of nitrogens with zero attached hydrogens (tertiary/aromatic N) is 1. The standard InChI is InChI=1S/C15H24N2O2/c1-12(13-8-6-5-7-9-13)16-14(10-15(18)19)11-17(2,3)4/h5-9,12,14,16H,10-11H2,1-4H3/p+1/t12-,14+/m1/s1. The van der Waals surface area contributed by atoms with E-state index in [2.05, 4.69) is 45.5 Å². The zero-order valence-electron chi connectivity index (χ0n) is 12.3. The minimum absolute atomic E-state index is 0.0345. The number of likely N-dealkylation sites (N-methyl/N-ethyl adjacent to an activating group) is 1. The summed E-state index contributed by atoms with van der Waals surface area (Å²) in [5.74, 6) is -0.758. The Hall–Kier alpha value is -1.39. The fourth-order valence-electron chi connectivity index (χ4n) is 2.24. The van der Waals surface area contributed by atoms with Crippen LogP contribution in [0.3, 0.4) is 0 Å². The van der Waals surface area contributed by atoms with Gasteiger partial charge in [-0.2, -0.15) is 0 Å². The first-order valence-corrected chi connectivity index (χ1v) is 6.61. The monoisotopic (exact) mass is 265 g/mol. The first-order valence-electron chi connectivity index (χ1n) is 6.61. The Labute approximate surface area is 115 Å². The molecule has 0 heterocycles. The SMILES string of the molecule is C[C@@H](N[C@@H](CC(=O)O)C[N+](C)(C)C)c1ccccc1. The van der Waals surface area contributed by atoms with Crippen molar-refractivity contribution < 1.29 is 14.4 Å². The van der Waals surface area contributed by atoms with Crippen LogP contribution >= 0.6 is 0 Å². The zero-order valence-corrected chi connectivity index (χ0v) is 12.3. The van der Waals surface area contributed by atoms with Gasteiger partial charge in [0.1, 0.15) is 0 Å². The average Bonchev–Trinajstić information content (AvgIpc) is 2.26. The van der Waals surface area contributed by atoms with E-state index in [9.17, 15) is 4.79 Å². The van der Waals surface area contributed by atoms with Crippen LogP contribution in [0.4, 0.5) is 0 Å². The number of hydrogen-bond acceptors (Lipinski definition) is 2. The van der Waals surface area contributed by atoms with Crippen LogP contribution < -0.4 is 5.32 Å². The van der Waals surface area contributed by atoms with Gasteiger partial charge in [-0.05, 0) is 12.5 Å². The lowest BCUT2D eigenvalue weighted by atomic mass is 10.1. The highest BCUT2D eigenvalue weighted by Gasteiger charge is 2.22. The molecule has 19 heavy (non-hydrogen) atoms. The Morgan fingerprint density at radius 2 is 1.84 bits per heavy atom. The Kier molecular flexibility index (Phi) is 5.51. The fraction of sp³-hybridized carbons (Fsp3) is 0.533. The van der Waals surface area contributed by atoms with E-state index >= 15 is 0 Å². The van der Waals surface area contributed by atoms with Gasteiger partial charge < -0.3 is 14.9 Å². The van der Waals surface area contributed by atoms with Crippen LogP contribution in [0.2, 0.25) is 0 Å². The predicted octanol–water partition coefficient (Wildman–Crippen LogP) is 1.89. The van der Waals surface area contributed by atoms with Gasteiger partial charge in [-0.15, -0.1) is 0 Å². The lowest BCUT2D eigenvalue weighted by Crippen LogP contribution is -2.48. The van der Waals surface area contributed by atoms with E-state index in [1.807, 2.05) is 18.2 Å². The molecule has 0 amide bonds. The van der Waals surface area contributed by atoms with Gasteiger partial charge in [-0.1, -0.05) is 30.3 Å². The zero-order chi connectivity index (χ0) is 14.5. The molecular weight excluding hydrogens is 240 g/mol. The number of benzene rings is 1. The van der Waals surface area contributed by atoms with Crippen molar-refractivity contribution in [1.82, 2.24) is 5.32 Å². The second-order valence-electron chi connectivity index (χ2n) is 6.07. The highest BCUT2D eigenvalue weighted by molar-refractivity contribution is 5.67. The van der Waals surface area contributed by atoms with Gasteiger partial charge >= 0.3 is 5.97 Å². The first-order chi connectivity index (χ1) is 8.78. The molecule has 2 N–H and O–H groups in total. The molecule has 0 fully saturated rings. The number of aliphatic carboxylic acids is 1. The second kappa shape index (κ2) is 6.68. The summed E-state index contributed by atoms with van der Waals surface area (Å²) in [6.45, 7) is 2.85. The number of nitrogens with one attached hydrogen (secondary N) is 1. The molecule has 1 aromatic rings. The highest BCUT2D eigenvalue weighted by atomic mass is 16.4. The van der Waals surface area contributed by atoms with Crippen LogP contribution in [0.5, 0.6) is 0 Å². The van der Waals surface area contributed by atoms with Crippen molar-refractivity contribution in [2.45, 2.75) is 25.4 Å². The second-order valence-corrected chi connectivity index (χ2v) is 6.07. The summed E-state index contributed by atoms with van der Waals surface area (Å²) in [6.07, 6.45) is 0.146. The molecule has 0 saturated heterocycles. The maximum absolute atomic E-state index is 11.0. The predicted molar refractivity (Wildman–Crippen MR) is 76.9 cm³/mol. The van der Waals surface area contributed by atoms with E-state index in [1.165, 1.54) is 5.56 Å². The molecular formula is C15H25N2O2+. The average molecular weight is 265 g/mol. The van der Waals surface area contributed by atoms with Gasteiger partial charge in [0.2, 0.25) is 0 Å². The number of carbonyl (C=O) groups is 1. The van der Waals surface area contributed by atoms with Crippen molar-refractivity contribution in [3.63, 3.8) is 0 Å². The molecule has 0 spiro atoms. The van der Waals surface area contributed by atoms with Crippen LogP contribution in [-0.4, -0.2) is 49.3 Å². The summed E-state index contributed by atoms with van der Waals surface area (Å²) in [4.78, 5) is 11.0. The maximum Gasteiger partial charge on any atom is 0.305 e. The van der Waals surface area contributed by atoms with Crippen molar-refractivity contribution in [1.29, 1.82) is 0 Å². The van der Waals surface area contributed by atoms with Gasteiger partial charge in [-0.25, -0.2) is 0 Å². The van der Waals surface area contributed by atoms with E-state index in [1.54, 1.807) is 0 Å². The van der Waals surface area contributed by atoms with Crippen LogP contribution in [-0.2, 0) is 4.79 Å². The third kappa shape index (κ3) is 6.36. The molecule has 4 nitrogen and oxygen atoms in total. The number of carboxylic acid groups (broad SMARTS) is 1. The molecule has 2 atom stereocenters. The molecule has 0 unspecified atom stereocenters. The lowest BCUT2D eigenvalue weighted by Gasteiger charge is -2.31. The largest absolute Gasteiger partial charge is 0.481 e. The molecule has 0 aliphatic carbocycles. The van der Waals surface area contributed by atoms with E-state index in [4.69, 9.17) is 5.11 Å². The van der Waals surface area contributed by atoms with E-state index < -0.39 is 5.97 Å². The number of carboxylic acids is 1.